The molecule has 0 aliphatic carbocycles. The van der Waals surface area contributed by atoms with E-state index in [2.05, 4.69) is 15.3 Å². The Bertz CT molecular complexity index is 624. The Morgan fingerprint density at radius 1 is 1.43 bits per heavy atom. The maximum absolute atomic E-state index is 12.3. The number of piperidine rings is 1. The molecule has 4 rings (SSSR count). The van der Waals surface area contributed by atoms with Crippen LogP contribution in [0.2, 0.25) is 0 Å². The molecule has 0 spiro atoms. The lowest BCUT2D eigenvalue weighted by Gasteiger charge is -2.30. The van der Waals surface area contributed by atoms with Gasteiger partial charge >= 0.3 is 6.03 Å². The first-order valence-corrected chi connectivity index (χ1v) is 8.27. The van der Waals surface area contributed by atoms with Crippen LogP contribution in [0.4, 0.5) is 4.79 Å². The van der Waals surface area contributed by atoms with Gasteiger partial charge in [0.2, 0.25) is 0 Å². The third-order valence-electron chi connectivity index (χ3n) is 4.39. The number of hydrogen-bond acceptors (Lipinski definition) is 4. The second kappa shape index (κ2) is 5.27. The second-order valence-electron chi connectivity index (χ2n) is 5.95. The molecule has 2 aliphatic rings. The van der Waals surface area contributed by atoms with Crippen molar-refractivity contribution in [3.05, 3.63) is 29.9 Å². The van der Waals surface area contributed by atoms with Crippen molar-refractivity contribution in [3.63, 3.8) is 0 Å². The molecule has 2 fully saturated rings. The van der Waals surface area contributed by atoms with Gasteiger partial charge in [-0.15, -0.1) is 11.3 Å². The highest BCUT2D eigenvalue weighted by Gasteiger charge is 2.33. The van der Waals surface area contributed by atoms with Gasteiger partial charge in [0.15, 0.2) is 0 Å². The summed E-state index contributed by atoms with van der Waals surface area (Å²) in [5, 5.41) is 9.33. The highest BCUT2D eigenvalue weighted by Crippen LogP contribution is 2.27. The molecule has 6 heteroatoms. The van der Waals surface area contributed by atoms with Gasteiger partial charge in [0, 0.05) is 35.8 Å². The number of hydrogen-bond donors (Lipinski definition) is 1. The van der Waals surface area contributed by atoms with Crippen LogP contribution in [0, 0.1) is 5.92 Å². The molecule has 2 bridgehead atoms. The van der Waals surface area contributed by atoms with E-state index in [9.17, 15) is 4.79 Å². The molecule has 2 aromatic heterocycles. The van der Waals surface area contributed by atoms with Crippen molar-refractivity contribution in [2.75, 3.05) is 19.6 Å². The van der Waals surface area contributed by atoms with E-state index in [1.807, 2.05) is 17.5 Å². The molecule has 5 nitrogen and oxygen atoms in total. The fourth-order valence-electron chi connectivity index (χ4n) is 3.41. The summed E-state index contributed by atoms with van der Waals surface area (Å²) in [6, 6.07) is 4.18. The van der Waals surface area contributed by atoms with E-state index in [0.29, 0.717) is 0 Å². The molecular formula is C15H18N4OS. The number of fused-ring (bicyclic) bond motifs is 2. The summed E-state index contributed by atoms with van der Waals surface area (Å²) in [6.45, 7) is 3.36. The lowest BCUT2D eigenvalue weighted by atomic mass is 9.97. The zero-order valence-corrected chi connectivity index (χ0v) is 12.6. The van der Waals surface area contributed by atoms with Gasteiger partial charge in [-0.2, -0.15) is 9.78 Å². The highest BCUT2D eigenvalue weighted by atomic mass is 32.1. The third-order valence-corrected chi connectivity index (χ3v) is 5.31. The number of carbonyl (C=O) groups is 1. The molecule has 21 heavy (non-hydrogen) atoms. The van der Waals surface area contributed by atoms with Crippen molar-refractivity contribution in [1.29, 1.82) is 0 Å². The van der Waals surface area contributed by atoms with Crippen molar-refractivity contribution in [2.24, 2.45) is 5.92 Å². The zero-order valence-electron chi connectivity index (χ0n) is 11.7. The maximum Gasteiger partial charge on any atom is 0.342 e. The average Bonchev–Trinajstić information content (AvgIpc) is 3.18. The van der Waals surface area contributed by atoms with E-state index in [4.69, 9.17) is 0 Å². The molecule has 3 atom stereocenters. The van der Waals surface area contributed by atoms with Crippen LogP contribution in [-0.4, -0.2) is 46.4 Å². The number of rotatable bonds is 2. The second-order valence-corrected chi connectivity index (χ2v) is 6.89. The number of thiophene rings is 1. The van der Waals surface area contributed by atoms with Gasteiger partial charge in [-0.3, -0.25) is 0 Å². The predicted molar refractivity (Wildman–Crippen MR) is 82.4 cm³/mol. The lowest BCUT2D eigenvalue weighted by molar-refractivity contribution is 0.204. The molecule has 0 saturated carbocycles. The summed E-state index contributed by atoms with van der Waals surface area (Å²) in [4.78, 5) is 15.9. The minimum atomic E-state index is -0.120. The van der Waals surface area contributed by atoms with Gasteiger partial charge < -0.3 is 10.2 Å². The lowest BCUT2D eigenvalue weighted by Crippen LogP contribution is -2.48. The molecule has 2 saturated heterocycles. The van der Waals surface area contributed by atoms with Crippen LogP contribution in [0.3, 0.4) is 0 Å². The van der Waals surface area contributed by atoms with Crippen molar-refractivity contribution < 1.29 is 4.79 Å². The molecular weight excluding hydrogens is 284 g/mol. The Balaban J connectivity index is 1.43. The van der Waals surface area contributed by atoms with Gasteiger partial charge in [-0.05, 0) is 36.8 Å². The Hall–Kier alpha value is -1.66. The maximum atomic E-state index is 12.3. The summed E-state index contributed by atoms with van der Waals surface area (Å²) in [5.41, 5.74) is 0.993. The van der Waals surface area contributed by atoms with Crippen LogP contribution in [0.1, 0.15) is 12.8 Å². The average molecular weight is 302 g/mol. The standard InChI is InChI=1S/C15H18N4OS/c20-15(17-13-6-11-3-4-18(8-11)10-13)19-9-12(7-16-19)14-2-1-5-21-14/h1-2,5,7,9,11,13H,3-4,6,8,10H2,(H,17,20)/t11-,13-/m1/s1. The monoisotopic (exact) mass is 302 g/mol. The topological polar surface area (TPSA) is 50.2 Å². The van der Waals surface area contributed by atoms with Crippen molar-refractivity contribution >= 4 is 17.4 Å². The van der Waals surface area contributed by atoms with E-state index in [1.54, 1.807) is 23.7 Å². The van der Waals surface area contributed by atoms with Crippen molar-refractivity contribution in [2.45, 2.75) is 18.9 Å². The van der Waals surface area contributed by atoms with Gasteiger partial charge in [-0.1, -0.05) is 6.07 Å². The smallest absolute Gasteiger partial charge is 0.332 e. The number of aromatic nitrogens is 2. The van der Waals surface area contributed by atoms with E-state index in [0.717, 1.165) is 29.3 Å². The third kappa shape index (κ3) is 2.61. The van der Waals surface area contributed by atoms with Gasteiger partial charge in [-0.25, -0.2) is 4.79 Å². The van der Waals surface area contributed by atoms with Crippen LogP contribution >= 0.6 is 11.3 Å². The summed E-state index contributed by atoms with van der Waals surface area (Å²) in [7, 11) is 0. The first kappa shape index (κ1) is 13.0. The molecule has 0 radical (unpaired) electrons. The first-order chi connectivity index (χ1) is 10.3. The molecule has 4 heterocycles. The Morgan fingerprint density at radius 2 is 2.38 bits per heavy atom. The predicted octanol–water partition coefficient (Wildman–Crippen LogP) is 2.26. The normalized spacial score (nSPS) is 27.7. The van der Waals surface area contributed by atoms with E-state index >= 15 is 0 Å². The van der Waals surface area contributed by atoms with Crippen molar-refractivity contribution in [3.8, 4) is 10.4 Å². The van der Waals surface area contributed by atoms with Crippen LogP contribution in [0.25, 0.3) is 10.4 Å². The summed E-state index contributed by atoms with van der Waals surface area (Å²) in [6.07, 6.45) is 5.93. The SMILES string of the molecule is O=C(N[C@@H]1C[C@H]2CCN(C2)C1)n1cc(-c2cccs2)cn1. The largest absolute Gasteiger partial charge is 0.342 e. The fraction of sp³-hybridized carbons (Fsp3) is 0.467. The molecule has 1 amide bonds. The van der Waals surface area contributed by atoms with E-state index < -0.39 is 0 Å². The summed E-state index contributed by atoms with van der Waals surface area (Å²) >= 11 is 1.65. The van der Waals surface area contributed by atoms with Gasteiger partial charge in [0.25, 0.3) is 0 Å². The Kier molecular flexibility index (Phi) is 3.27. The van der Waals surface area contributed by atoms with E-state index in [1.165, 1.54) is 24.2 Å². The van der Waals surface area contributed by atoms with Crippen LogP contribution in [-0.2, 0) is 0 Å². The van der Waals surface area contributed by atoms with Crippen LogP contribution in [0.15, 0.2) is 29.9 Å². The summed E-state index contributed by atoms with van der Waals surface area (Å²) in [5.74, 6) is 0.753. The van der Waals surface area contributed by atoms with Crippen LogP contribution < -0.4 is 5.32 Å². The van der Waals surface area contributed by atoms with E-state index in [-0.39, 0.29) is 12.1 Å². The Labute approximate surface area is 127 Å². The molecule has 2 aliphatic heterocycles. The number of carbonyl (C=O) groups excluding carboxylic acids is 1. The molecule has 110 valence electrons. The summed E-state index contributed by atoms with van der Waals surface area (Å²) < 4.78 is 1.42. The molecule has 1 N–H and O–H groups in total. The highest BCUT2D eigenvalue weighted by molar-refractivity contribution is 7.13. The molecule has 0 aromatic carbocycles. The minimum absolute atomic E-state index is 0.120. The van der Waals surface area contributed by atoms with Crippen LogP contribution in [0.5, 0.6) is 0 Å². The molecule has 2 aromatic rings. The number of nitrogens with one attached hydrogen (secondary N) is 1. The number of nitrogens with zero attached hydrogens (tertiary/aromatic N) is 3. The van der Waals surface area contributed by atoms with Gasteiger partial charge in [0.1, 0.15) is 0 Å². The zero-order chi connectivity index (χ0) is 14.2. The quantitative estimate of drug-likeness (QED) is 0.926. The van der Waals surface area contributed by atoms with Gasteiger partial charge in [0.05, 0.1) is 6.20 Å². The minimum Gasteiger partial charge on any atom is -0.332 e. The fourth-order valence-corrected chi connectivity index (χ4v) is 4.11. The van der Waals surface area contributed by atoms with Crippen molar-refractivity contribution in [1.82, 2.24) is 20.0 Å². The number of amides is 1. The Morgan fingerprint density at radius 3 is 3.19 bits per heavy atom. The molecule has 1 unspecified atom stereocenters. The first-order valence-electron chi connectivity index (χ1n) is 7.40.